The van der Waals surface area contributed by atoms with Crippen molar-refractivity contribution >= 4 is 60.5 Å². The fourth-order valence-electron chi connectivity index (χ4n) is 5.22. The lowest BCUT2D eigenvalue weighted by atomic mass is 9.96. The predicted molar refractivity (Wildman–Crippen MR) is 174 cm³/mol. The number of thiophene rings is 1. The zero-order valence-electron chi connectivity index (χ0n) is 23.3. The Kier molecular flexibility index (Phi) is 7.73. The molecule has 0 aliphatic carbocycles. The summed E-state index contributed by atoms with van der Waals surface area (Å²) >= 11 is 7.80. The Labute approximate surface area is 267 Å². The summed E-state index contributed by atoms with van der Waals surface area (Å²) < 4.78 is 49.7. The van der Waals surface area contributed by atoms with Crippen molar-refractivity contribution in [1.82, 2.24) is 3.97 Å². The number of hydrogen-bond donors (Lipinski definition) is 0. The van der Waals surface area contributed by atoms with Crippen LogP contribution < -0.4 is 0 Å². The van der Waals surface area contributed by atoms with Crippen LogP contribution in [0.4, 0.5) is 15.1 Å². The van der Waals surface area contributed by atoms with Gasteiger partial charge in [-0.1, -0.05) is 66.2 Å². The summed E-state index contributed by atoms with van der Waals surface area (Å²) in [6, 6.07) is 22.9. The summed E-state index contributed by atoms with van der Waals surface area (Å²) in [7, 11) is -3.06. The molecule has 0 aliphatic rings. The first-order valence-electron chi connectivity index (χ1n) is 13.2. The number of methoxy groups -OCH3 is 1. The van der Waals surface area contributed by atoms with Crippen molar-refractivity contribution in [3.05, 3.63) is 136 Å². The second kappa shape index (κ2) is 11.7. The molecule has 0 aliphatic heterocycles. The number of carbonyl (C=O) groups excluding carboxylic acids is 1. The maximum atomic E-state index is 14.8. The van der Waals surface area contributed by atoms with Crippen molar-refractivity contribution in [3.8, 4) is 33.5 Å². The molecule has 0 bridgehead atoms. The lowest BCUT2D eigenvalue weighted by Crippen LogP contribution is -2.14. The molecule has 0 fully saturated rings. The standard InChI is InChI=1S/C34H19ClFN3O4S2/c1-37-24-9-11-25(12-10-24)45(41,42)39-30-14-8-23(36)19-28(30)31(27-15-16-44-33(27)38-2)32(39)21-6-4-5-20(17-21)26-13-7-22(18-29(26)35)34(40)43-3/h4-19H,3H3. The van der Waals surface area contributed by atoms with Crippen LogP contribution in [0.25, 0.3) is 54.1 Å². The number of carbonyl (C=O) groups is 1. The summed E-state index contributed by atoms with van der Waals surface area (Å²) in [5.74, 6) is -1.11. The molecule has 2 heterocycles. The molecule has 0 atom stereocenters. The number of hydrogen-bond acceptors (Lipinski definition) is 5. The quantitative estimate of drug-likeness (QED) is 0.133. The minimum Gasteiger partial charge on any atom is -0.465 e. The highest BCUT2D eigenvalue weighted by Gasteiger charge is 2.30. The van der Waals surface area contributed by atoms with Crippen LogP contribution in [0.3, 0.4) is 0 Å². The molecule has 6 rings (SSSR count). The molecule has 0 saturated carbocycles. The van der Waals surface area contributed by atoms with E-state index < -0.39 is 21.8 Å². The van der Waals surface area contributed by atoms with Gasteiger partial charge in [0.1, 0.15) is 5.82 Å². The van der Waals surface area contributed by atoms with Gasteiger partial charge in [0.25, 0.3) is 10.0 Å². The van der Waals surface area contributed by atoms with E-state index in [-0.39, 0.29) is 32.4 Å². The van der Waals surface area contributed by atoms with Crippen LogP contribution >= 0.6 is 22.9 Å². The van der Waals surface area contributed by atoms with Crippen molar-refractivity contribution in [2.24, 2.45) is 0 Å². The molecule has 2 aromatic heterocycles. The Balaban J connectivity index is 1.69. The van der Waals surface area contributed by atoms with Crippen LogP contribution in [0.2, 0.25) is 5.02 Å². The van der Waals surface area contributed by atoms with Gasteiger partial charge in [0.2, 0.25) is 5.00 Å². The lowest BCUT2D eigenvalue weighted by Gasteiger charge is -2.15. The molecule has 0 amide bonds. The third-order valence-corrected chi connectivity index (χ3v) is 10.1. The van der Waals surface area contributed by atoms with Gasteiger partial charge in [-0.2, -0.15) is 11.3 Å². The fourth-order valence-corrected chi connectivity index (χ4v) is 7.74. The van der Waals surface area contributed by atoms with Gasteiger partial charge < -0.3 is 4.74 Å². The van der Waals surface area contributed by atoms with Crippen molar-refractivity contribution < 1.29 is 22.3 Å². The van der Waals surface area contributed by atoms with Gasteiger partial charge in [-0.05, 0) is 47.3 Å². The summed E-state index contributed by atoms with van der Waals surface area (Å²) in [4.78, 5) is 19.0. The van der Waals surface area contributed by atoms with E-state index >= 15 is 0 Å². The highest BCUT2D eigenvalue weighted by atomic mass is 35.5. The first-order chi connectivity index (χ1) is 21.7. The van der Waals surface area contributed by atoms with Crippen LogP contribution in [-0.2, 0) is 14.8 Å². The number of fused-ring (bicyclic) bond motifs is 1. The third kappa shape index (κ3) is 5.15. The minimum atomic E-state index is -4.34. The number of nitrogens with zero attached hydrogens (tertiary/aromatic N) is 3. The highest BCUT2D eigenvalue weighted by molar-refractivity contribution is 7.90. The van der Waals surface area contributed by atoms with Crippen LogP contribution in [0.15, 0.2) is 101 Å². The van der Waals surface area contributed by atoms with Crippen molar-refractivity contribution in [2.45, 2.75) is 4.90 Å². The average molecular weight is 652 g/mol. The smallest absolute Gasteiger partial charge is 0.337 e. The number of ether oxygens (including phenoxy) is 1. The van der Waals surface area contributed by atoms with E-state index in [1.807, 2.05) is 0 Å². The molecule has 7 nitrogen and oxygen atoms in total. The number of benzene rings is 4. The Morgan fingerprint density at radius 3 is 2.36 bits per heavy atom. The molecule has 45 heavy (non-hydrogen) atoms. The van der Waals surface area contributed by atoms with Gasteiger partial charge >= 0.3 is 5.97 Å². The zero-order chi connectivity index (χ0) is 31.9. The fraction of sp³-hybridized carbons (Fsp3) is 0.0294. The summed E-state index contributed by atoms with van der Waals surface area (Å²) in [5.41, 5.74) is 3.47. The molecule has 6 aromatic rings. The molecule has 0 unspecified atom stereocenters. The number of esters is 1. The van der Waals surface area contributed by atoms with E-state index in [0.29, 0.717) is 38.2 Å². The van der Waals surface area contributed by atoms with E-state index in [4.69, 9.17) is 29.5 Å². The maximum absolute atomic E-state index is 14.8. The number of aromatic nitrogens is 1. The van der Waals surface area contributed by atoms with E-state index in [1.54, 1.807) is 47.8 Å². The molecular weight excluding hydrogens is 633 g/mol. The normalized spacial score (nSPS) is 11.2. The van der Waals surface area contributed by atoms with E-state index in [2.05, 4.69) is 9.69 Å². The first-order valence-corrected chi connectivity index (χ1v) is 15.9. The summed E-state index contributed by atoms with van der Waals surface area (Å²) in [5, 5.41) is 2.63. The highest BCUT2D eigenvalue weighted by Crippen LogP contribution is 2.48. The van der Waals surface area contributed by atoms with Gasteiger partial charge in [0, 0.05) is 32.7 Å². The summed E-state index contributed by atoms with van der Waals surface area (Å²) in [6.45, 7) is 15.0. The van der Waals surface area contributed by atoms with Crippen molar-refractivity contribution in [3.63, 3.8) is 0 Å². The van der Waals surface area contributed by atoms with E-state index in [9.17, 15) is 17.6 Å². The molecule has 11 heteroatoms. The first kappa shape index (κ1) is 29.8. The Morgan fingerprint density at radius 2 is 1.67 bits per heavy atom. The number of halogens is 2. The van der Waals surface area contributed by atoms with Crippen LogP contribution in [-0.4, -0.2) is 25.5 Å². The number of rotatable bonds is 6. The molecule has 0 saturated heterocycles. The average Bonchev–Trinajstić information content (AvgIpc) is 3.66. The molecule has 0 radical (unpaired) electrons. The minimum absolute atomic E-state index is 0.0720. The lowest BCUT2D eigenvalue weighted by molar-refractivity contribution is 0.0600. The second-order valence-electron chi connectivity index (χ2n) is 9.78. The van der Waals surface area contributed by atoms with Gasteiger partial charge in [0.05, 0.1) is 41.9 Å². The van der Waals surface area contributed by atoms with Crippen molar-refractivity contribution in [1.29, 1.82) is 0 Å². The summed E-state index contributed by atoms with van der Waals surface area (Å²) in [6.07, 6.45) is 0. The monoisotopic (exact) mass is 651 g/mol. The molecule has 0 N–H and O–H groups in total. The molecule has 220 valence electrons. The van der Waals surface area contributed by atoms with Gasteiger partial charge in [0.15, 0.2) is 5.69 Å². The topological polar surface area (TPSA) is 74.1 Å². The van der Waals surface area contributed by atoms with Crippen LogP contribution in [0.1, 0.15) is 10.4 Å². The van der Waals surface area contributed by atoms with E-state index in [1.165, 1.54) is 67.0 Å². The Hall–Kier alpha value is -5.26. The van der Waals surface area contributed by atoms with Crippen molar-refractivity contribution in [2.75, 3.05) is 7.11 Å². The second-order valence-corrected chi connectivity index (χ2v) is 12.9. The maximum Gasteiger partial charge on any atom is 0.337 e. The third-order valence-electron chi connectivity index (χ3n) is 7.24. The SMILES string of the molecule is [C-]#[N+]c1ccc(S(=O)(=O)n2c(-c3cccc(-c4ccc(C(=O)OC)cc4Cl)c3)c(-c3ccsc3[N+]#[C-])c3cc(F)ccc32)cc1. The van der Waals surface area contributed by atoms with Crippen LogP contribution in [0, 0.1) is 19.0 Å². The van der Waals surface area contributed by atoms with Gasteiger partial charge in [-0.25, -0.2) is 31.3 Å². The van der Waals surface area contributed by atoms with Gasteiger partial charge in [-0.3, -0.25) is 0 Å². The zero-order valence-corrected chi connectivity index (χ0v) is 25.7. The van der Waals surface area contributed by atoms with E-state index in [0.717, 1.165) is 3.97 Å². The molecular formula is C34H19ClFN3O4S2. The van der Waals surface area contributed by atoms with Gasteiger partial charge in [-0.15, -0.1) is 0 Å². The Bertz CT molecular complexity index is 2350. The van der Waals surface area contributed by atoms with Crippen LogP contribution in [0.5, 0.6) is 0 Å². The Morgan fingerprint density at radius 1 is 0.911 bits per heavy atom. The molecule has 0 spiro atoms. The largest absolute Gasteiger partial charge is 0.465 e. The molecule has 4 aromatic carbocycles. The predicted octanol–water partition coefficient (Wildman–Crippen LogP) is 9.62.